The number of nitrogens with one attached hydrogen (secondary N) is 1. The number of hydrogen-bond donors (Lipinski definition) is 1. The molecule has 8 bridgehead atoms. The Labute approximate surface area is 289 Å². The Morgan fingerprint density at radius 3 is 1.62 bits per heavy atom. The minimum absolute atomic E-state index is 0.771. The number of fused-ring (bicyclic) bond motifs is 5. The Kier molecular flexibility index (Phi) is 7.05. The molecule has 8 nitrogen and oxygen atoms in total. The number of rotatable bonds is 3. The van der Waals surface area contributed by atoms with E-state index in [1.54, 1.807) is 12.4 Å². The van der Waals surface area contributed by atoms with Gasteiger partial charge in [-0.25, -0.2) is 24.1 Å². The summed E-state index contributed by atoms with van der Waals surface area (Å²) in [5.74, 6) is 0. The highest BCUT2D eigenvalue weighted by atomic mass is 15.0. The molecule has 0 unspecified atom stereocenters. The number of aryl methyl sites for hydroxylation is 2. The third-order valence-electron chi connectivity index (χ3n) is 9.15. The lowest BCUT2D eigenvalue weighted by molar-refractivity contribution is -0.673. The molecular weight excluding hydrogens is 617 g/mol. The van der Waals surface area contributed by atoms with Crippen molar-refractivity contribution in [1.29, 1.82) is 0 Å². The van der Waals surface area contributed by atoms with Gasteiger partial charge in [0.25, 0.3) is 0 Å². The smallest absolute Gasteiger partial charge is 0.216 e. The number of allylic oxidation sites excluding steroid dienone is 11. The molecule has 9 heterocycles. The van der Waals surface area contributed by atoms with E-state index in [4.69, 9.17) is 25.3 Å². The van der Waals surface area contributed by atoms with Gasteiger partial charge in [-0.1, -0.05) is 24.3 Å². The van der Waals surface area contributed by atoms with Gasteiger partial charge in [0.1, 0.15) is 14.1 Å². The van der Waals surface area contributed by atoms with E-state index in [9.17, 15) is 0 Å². The third-order valence-corrected chi connectivity index (χ3v) is 9.15. The van der Waals surface area contributed by atoms with Crippen molar-refractivity contribution in [1.82, 2.24) is 9.97 Å². The van der Waals surface area contributed by atoms with Gasteiger partial charge in [0.15, 0.2) is 12.4 Å². The number of nitrogens with zero attached hydrogens (tertiary/aromatic N) is 7. The molecule has 5 aliphatic heterocycles. The van der Waals surface area contributed by atoms with Crippen molar-refractivity contribution >= 4 is 33.9 Å². The molecule has 50 heavy (non-hydrogen) atoms. The average molecular weight is 648 g/mol. The van der Waals surface area contributed by atoms with Crippen LogP contribution in [-0.4, -0.2) is 27.1 Å². The number of aromatic nitrogens is 4. The molecule has 0 saturated heterocycles. The summed E-state index contributed by atoms with van der Waals surface area (Å²) < 4.78 is 4.25. The Balaban J connectivity index is 1.38. The van der Waals surface area contributed by atoms with Crippen molar-refractivity contribution in [2.45, 2.75) is 0 Å². The molecule has 0 fully saturated rings. The van der Waals surface area contributed by atoms with Crippen LogP contribution in [0.3, 0.4) is 0 Å². The van der Waals surface area contributed by atoms with Crippen LogP contribution in [0.2, 0.25) is 0 Å². The molecule has 0 saturated carbocycles. The van der Waals surface area contributed by atoms with Crippen LogP contribution in [0.4, 0.5) is 0 Å². The molecule has 8 heteroatoms. The van der Waals surface area contributed by atoms with E-state index in [1.165, 1.54) is 0 Å². The summed E-state index contributed by atoms with van der Waals surface area (Å²) >= 11 is 0. The molecule has 9 rings (SSSR count). The monoisotopic (exact) mass is 647 g/mol. The summed E-state index contributed by atoms with van der Waals surface area (Å²) in [5.41, 5.74) is 14.0. The molecule has 4 aromatic rings. The van der Waals surface area contributed by atoms with Gasteiger partial charge in [0, 0.05) is 36.0 Å². The van der Waals surface area contributed by atoms with Gasteiger partial charge >= 0.3 is 0 Å². The van der Waals surface area contributed by atoms with Crippen LogP contribution < -0.4 is 9.13 Å². The molecular formula is C42H31N8+. The first-order valence-electron chi connectivity index (χ1n) is 16.5. The SMILES string of the molecule is C[n+]1ccccc1C1=C2C=CC(=N2)C(=C2C=CC=C[N-]2)C2=NC(=C(c3ccccn3)C3=NC(=C(c4cccc[n+]4C)c4ccc1[nH]4)C=C3)C=C2. The van der Waals surface area contributed by atoms with Crippen molar-refractivity contribution < 1.29 is 9.13 Å². The molecule has 0 aromatic carbocycles. The second kappa shape index (κ2) is 12.0. The summed E-state index contributed by atoms with van der Waals surface area (Å²) in [6, 6.07) is 22.6. The van der Waals surface area contributed by atoms with Gasteiger partial charge in [-0.15, -0.1) is 5.70 Å². The van der Waals surface area contributed by atoms with Crippen molar-refractivity contribution in [3.8, 4) is 0 Å². The van der Waals surface area contributed by atoms with Crippen molar-refractivity contribution in [3.63, 3.8) is 0 Å². The molecule has 238 valence electrons. The summed E-state index contributed by atoms with van der Waals surface area (Å²) in [6.07, 6.45) is 26.0. The average Bonchev–Trinajstić information content (AvgIpc) is 3.98. The quantitative estimate of drug-likeness (QED) is 0.245. The number of pyridine rings is 3. The van der Waals surface area contributed by atoms with Crippen LogP contribution in [0.5, 0.6) is 0 Å². The van der Waals surface area contributed by atoms with Crippen molar-refractivity contribution in [2.24, 2.45) is 29.1 Å². The highest BCUT2D eigenvalue weighted by Crippen LogP contribution is 2.37. The van der Waals surface area contributed by atoms with Crippen LogP contribution in [0, 0.1) is 0 Å². The van der Waals surface area contributed by atoms with Gasteiger partial charge in [0.05, 0.1) is 68.0 Å². The lowest BCUT2D eigenvalue weighted by Gasteiger charge is -2.25. The van der Waals surface area contributed by atoms with E-state index in [0.717, 1.165) is 90.7 Å². The standard InChI is InChI=1S/C42H30N8/c1-49-25-9-5-13-37(49)41-33-19-17-31(46-33)39(27-11-3-7-23-43-27)29-15-16-30(45-29)40(28-12-4-8-24-44-28)32-18-20-34(47-32)42(36-22-21-35(41)48-36)38-14-6-10-26-50(38)2/h3-26H,1-2H3/p+1. The van der Waals surface area contributed by atoms with Gasteiger partial charge in [-0.2, -0.15) is 6.20 Å². The topological polar surface area (TPSA) is 87.6 Å². The predicted octanol–water partition coefficient (Wildman–Crippen LogP) is 6.75. The first-order valence-corrected chi connectivity index (χ1v) is 16.5. The van der Waals surface area contributed by atoms with E-state index in [2.05, 4.69) is 101 Å². The van der Waals surface area contributed by atoms with E-state index in [0.29, 0.717) is 0 Å². The maximum absolute atomic E-state index is 5.31. The maximum atomic E-state index is 5.31. The van der Waals surface area contributed by atoms with Crippen LogP contribution in [0.1, 0.15) is 28.5 Å². The molecule has 0 aliphatic carbocycles. The second-order valence-electron chi connectivity index (χ2n) is 12.3. The molecule has 0 radical (unpaired) electrons. The Morgan fingerprint density at radius 2 is 1.10 bits per heavy atom. The minimum Gasteiger partial charge on any atom is -0.663 e. The predicted molar refractivity (Wildman–Crippen MR) is 198 cm³/mol. The summed E-state index contributed by atoms with van der Waals surface area (Å²) in [7, 11) is 4.12. The maximum Gasteiger partial charge on any atom is 0.216 e. The second-order valence-corrected chi connectivity index (χ2v) is 12.3. The zero-order valence-corrected chi connectivity index (χ0v) is 27.5. The van der Waals surface area contributed by atoms with E-state index in [-0.39, 0.29) is 0 Å². The fourth-order valence-electron chi connectivity index (χ4n) is 6.80. The van der Waals surface area contributed by atoms with E-state index in [1.807, 2.05) is 60.7 Å². The van der Waals surface area contributed by atoms with Gasteiger partial charge < -0.3 is 10.3 Å². The van der Waals surface area contributed by atoms with Crippen molar-refractivity contribution in [3.05, 3.63) is 208 Å². The Bertz CT molecular complexity index is 2500. The fourth-order valence-corrected chi connectivity index (χ4v) is 6.80. The van der Waals surface area contributed by atoms with Crippen LogP contribution >= 0.6 is 0 Å². The number of aliphatic imine (C=N–C) groups is 3. The largest absolute Gasteiger partial charge is 0.663 e. The molecule has 1 N–H and O–H groups in total. The Hall–Kier alpha value is -6.80. The first kappa shape index (κ1) is 29.3. The number of H-pyrrole nitrogens is 1. The Morgan fingerprint density at radius 1 is 0.540 bits per heavy atom. The molecule has 0 spiro atoms. The van der Waals surface area contributed by atoms with Gasteiger partial charge in [-0.3, -0.25) is 4.98 Å². The minimum atomic E-state index is 0.771. The van der Waals surface area contributed by atoms with Gasteiger partial charge in [0.2, 0.25) is 11.4 Å². The lowest BCUT2D eigenvalue weighted by atomic mass is 10.0. The summed E-state index contributed by atoms with van der Waals surface area (Å²) in [5, 5.41) is 4.76. The molecule has 4 aromatic heterocycles. The molecule has 0 atom stereocenters. The van der Waals surface area contributed by atoms with Crippen molar-refractivity contribution in [2.75, 3.05) is 0 Å². The number of aromatic amines is 1. The highest BCUT2D eigenvalue weighted by molar-refractivity contribution is 6.36. The van der Waals surface area contributed by atoms with E-state index < -0.39 is 0 Å². The molecule has 5 aliphatic rings. The summed E-state index contributed by atoms with van der Waals surface area (Å²) in [6.45, 7) is 0. The van der Waals surface area contributed by atoms with Crippen LogP contribution in [-0.2, 0) is 14.1 Å². The number of hydrogen-bond acceptors (Lipinski definition) is 4. The van der Waals surface area contributed by atoms with Crippen LogP contribution in [0.15, 0.2) is 190 Å². The normalized spacial score (nSPS) is 19.0. The van der Waals surface area contributed by atoms with Crippen LogP contribution in [0.25, 0.3) is 22.0 Å². The highest BCUT2D eigenvalue weighted by Gasteiger charge is 2.29. The van der Waals surface area contributed by atoms with E-state index >= 15 is 0 Å². The summed E-state index contributed by atoms with van der Waals surface area (Å²) in [4.78, 5) is 24.4. The zero-order valence-electron chi connectivity index (χ0n) is 27.5. The zero-order chi connectivity index (χ0) is 33.6. The third kappa shape index (κ3) is 5.02. The molecule has 0 amide bonds. The van der Waals surface area contributed by atoms with Gasteiger partial charge in [-0.05, 0) is 72.9 Å². The lowest BCUT2D eigenvalue weighted by Crippen LogP contribution is -2.33. The fraction of sp³-hybridized carbons (Fsp3) is 0.0476. The first-order chi connectivity index (χ1) is 24.6.